The summed E-state index contributed by atoms with van der Waals surface area (Å²) in [4.78, 5) is 14.9. The maximum absolute atomic E-state index is 12.8. The number of carbonyl (C=O) groups is 1. The van der Waals surface area contributed by atoms with Gasteiger partial charge in [0.2, 0.25) is 0 Å². The molecule has 5 nitrogen and oxygen atoms in total. The Morgan fingerprint density at radius 3 is 3.14 bits per heavy atom. The second-order valence-electron chi connectivity index (χ2n) is 6.85. The van der Waals surface area contributed by atoms with E-state index in [4.69, 9.17) is 0 Å². The average molecular weight is 290 g/mol. The fourth-order valence-corrected chi connectivity index (χ4v) is 3.85. The normalized spacial score (nSPS) is 25.7. The van der Waals surface area contributed by atoms with Gasteiger partial charge in [-0.1, -0.05) is 20.3 Å². The second-order valence-corrected chi connectivity index (χ2v) is 6.85. The first kappa shape index (κ1) is 14.6. The minimum atomic E-state index is 0.109. The number of carbonyl (C=O) groups excluding carboxylic acids is 1. The van der Waals surface area contributed by atoms with Crippen molar-refractivity contribution in [3.8, 4) is 0 Å². The van der Waals surface area contributed by atoms with Gasteiger partial charge < -0.3 is 10.2 Å². The average Bonchev–Trinajstić information content (AvgIpc) is 2.90. The number of fused-ring (bicyclic) bond motifs is 1. The molecule has 0 spiro atoms. The van der Waals surface area contributed by atoms with Crippen molar-refractivity contribution in [3.63, 3.8) is 0 Å². The Labute approximate surface area is 126 Å². The highest BCUT2D eigenvalue weighted by atomic mass is 16.2. The van der Waals surface area contributed by atoms with E-state index in [2.05, 4.69) is 29.4 Å². The quantitative estimate of drug-likeness (QED) is 0.896. The lowest BCUT2D eigenvalue weighted by Gasteiger charge is -2.40. The highest BCUT2D eigenvalue weighted by Gasteiger charge is 2.34. The van der Waals surface area contributed by atoms with Gasteiger partial charge in [-0.3, -0.25) is 9.89 Å². The van der Waals surface area contributed by atoms with Crippen LogP contribution in [0.4, 0.5) is 0 Å². The van der Waals surface area contributed by atoms with E-state index in [0.29, 0.717) is 5.69 Å². The minimum Gasteiger partial charge on any atom is -0.337 e. The number of nitrogens with zero attached hydrogens (tertiary/aromatic N) is 2. The summed E-state index contributed by atoms with van der Waals surface area (Å²) in [6, 6.07) is 0. The Hall–Kier alpha value is -1.36. The molecule has 2 N–H and O–H groups in total. The van der Waals surface area contributed by atoms with Gasteiger partial charge in [-0.2, -0.15) is 5.10 Å². The Bertz CT molecular complexity index is 520. The second kappa shape index (κ2) is 5.79. The molecule has 1 atom stereocenters. The molecule has 1 unspecified atom stereocenters. The number of hydrogen-bond donors (Lipinski definition) is 2. The maximum Gasteiger partial charge on any atom is 0.274 e. The lowest BCUT2D eigenvalue weighted by atomic mass is 9.78. The fourth-order valence-electron chi connectivity index (χ4n) is 3.85. The van der Waals surface area contributed by atoms with Crippen LogP contribution >= 0.6 is 0 Å². The summed E-state index contributed by atoms with van der Waals surface area (Å²) in [5.74, 6) is 0.109. The van der Waals surface area contributed by atoms with Crippen LogP contribution in [0.25, 0.3) is 0 Å². The number of H-pyrrole nitrogens is 1. The van der Waals surface area contributed by atoms with Crippen LogP contribution in [0.2, 0.25) is 0 Å². The van der Waals surface area contributed by atoms with Crippen LogP contribution in [0.15, 0.2) is 0 Å². The van der Waals surface area contributed by atoms with E-state index in [-0.39, 0.29) is 11.3 Å². The third-order valence-electron chi connectivity index (χ3n) is 4.93. The Balaban J connectivity index is 1.77. The van der Waals surface area contributed by atoms with E-state index in [1.165, 1.54) is 19.3 Å². The van der Waals surface area contributed by atoms with Crippen LogP contribution in [0.5, 0.6) is 0 Å². The number of piperidine rings is 1. The molecule has 2 aliphatic heterocycles. The molecule has 1 amide bonds. The lowest BCUT2D eigenvalue weighted by Crippen LogP contribution is -2.45. The van der Waals surface area contributed by atoms with Crippen molar-refractivity contribution in [1.29, 1.82) is 0 Å². The van der Waals surface area contributed by atoms with Crippen molar-refractivity contribution >= 4 is 5.91 Å². The molecule has 0 saturated carbocycles. The summed E-state index contributed by atoms with van der Waals surface area (Å²) in [6.45, 7) is 8.00. The first-order chi connectivity index (χ1) is 10.1. The molecule has 3 heterocycles. The van der Waals surface area contributed by atoms with Gasteiger partial charge in [0.05, 0.1) is 0 Å². The number of likely N-dealkylation sites (tertiary alicyclic amines) is 1. The van der Waals surface area contributed by atoms with Crippen LogP contribution in [0.3, 0.4) is 0 Å². The van der Waals surface area contributed by atoms with Gasteiger partial charge in [0.25, 0.3) is 5.91 Å². The summed E-state index contributed by atoms with van der Waals surface area (Å²) < 4.78 is 0. The maximum atomic E-state index is 12.8. The number of aromatic nitrogens is 2. The van der Waals surface area contributed by atoms with Gasteiger partial charge in [0, 0.05) is 43.9 Å². The topological polar surface area (TPSA) is 61.0 Å². The summed E-state index contributed by atoms with van der Waals surface area (Å²) >= 11 is 0. The third-order valence-corrected chi connectivity index (χ3v) is 4.93. The summed E-state index contributed by atoms with van der Waals surface area (Å²) in [6.07, 6.45) is 5.64. The van der Waals surface area contributed by atoms with Crippen LogP contribution in [0, 0.1) is 5.41 Å². The van der Waals surface area contributed by atoms with E-state index in [9.17, 15) is 4.79 Å². The van der Waals surface area contributed by atoms with Crippen LogP contribution in [-0.2, 0) is 13.0 Å². The van der Waals surface area contributed by atoms with Gasteiger partial charge in [0.15, 0.2) is 5.69 Å². The standard InChI is InChI=1S/C16H26N4O/c1-3-6-16(2)7-4-9-20(11-16)15(21)14-12-10-17-8-5-13(12)18-19-14/h17H,3-11H2,1-2H3,(H,18,19). The molecule has 0 aromatic carbocycles. The van der Waals surface area contributed by atoms with Crippen LogP contribution in [-0.4, -0.2) is 40.6 Å². The third kappa shape index (κ3) is 2.84. The molecular formula is C16H26N4O. The molecule has 1 fully saturated rings. The first-order valence-electron chi connectivity index (χ1n) is 8.19. The van der Waals surface area contributed by atoms with Crippen molar-refractivity contribution in [2.24, 2.45) is 5.41 Å². The zero-order chi connectivity index (χ0) is 14.9. The molecule has 0 aliphatic carbocycles. The highest BCUT2D eigenvalue weighted by Crippen LogP contribution is 2.34. The predicted molar refractivity (Wildman–Crippen MR) is 82.2 cm³/mol. The van der Waals surface area contributed by atoms with Crippen LogP contribution in [0.1, 0.15) is 61.3 Å². The summed E-state index contributed by atoms with van der Waals surface area (Å²) in [7, 11) is 0. The largest absolute Gasteiger partial charge is 0.337 e. The lowest BCUT2D eigenvalue weighted by molar-refractivity contribution is 0.0523. The van der Waals surface area contributed by atoms with Crippen molar-refractivity contribution < 1.29 is 4.79 Å². The zero-order valence-electron chi connectivity index (χ0n) is 13.2. The molecule has 21 heavy (non-hydrogen) atoms. The molecule has 5 heteroatoms. The minimum absolute atomic E-state index is 0.109. The molecule has 3 rings (SSSR count). The van der Waals surface area contributed by atoms with E-state index < -0.39 is 0 Å². The van der Waals surface area contributed by atoms with Crippen molar-refractivity contribution in [2.75, 3.05) is 19.6 Å². The Kier molecular flexibility index (Phi) is 4.02. The van der Waals surface area contributed by atoms with Gasteiger partial charge >= 0.3 is 0 Å². The number of nitrogens with one attached hydrogen (secondary N) is 2. The van der Waals surface area contributed by atoms with E-state index in [0.717, 1.165) is 50.3 Å². The molecule has 1 saturated heterocycles. The van der Waals surface area contributed by atoms with Gasteiger partial charge in [-0.05, 0) is 24.7 Å². The highest BCUT2D eigenvalue weighted by molar-refractivity contribution is 5.94. The molecular weight excluding hydrogens is 264 g/mol. The number of amides is 1. The fraction of sp³-hybridized carbons (Fsp3) is 0.750. The predicted octanol–water partition coefficient (Wildman–Crippen LogP) is 2.10. The Morgan fingerprint density at radius 1 is 1.48 bits per heavy atom. The Morgan fingerprint density at radius 2 is 2.33 bits per heavy atom. The van der Waals surface area contributed by atoms with E-state index in [1.54, 1.807) is 0 Å². The van der Waals surface area contributed by atoms with E-state index >= 15 is 0 Å². The van der Waals surface area contributed by atoms with Crippen molar-refractivity contribution in [3.05, 3.63) is 17.0 Å². The molecule has 2 aliphatic rings. The molecule has 116 valence electrons. The summed E-state index contributed by atoms with van der Waals surface area (Å²) in [5.41, 5.74) is 3.12. The smallest absolute Gasteiger partial charge is 0.274 e. The zero-order valence-corrected chi connectivity index (χ0v) is 13.2. The SMILES string of the molecule is CCCC1(C)CCCN(C(=O)c2n[nH]c3c2CNCC3)C1. The molecule has 1 aromatic rings. The number of hydrogen-bond acceptors (Lipinski definition) is 3. The monoisotopic (exact) mass is 290 g/mol. The van der Waals surface area contributed by atoms with Gasteiger partial charge in [0.1, 0.15) is 0 Å². The van der Waals surface area contributed by atoms with Gasteiger partial charge in [-0.15, -0.1) is 0 Å². The molecule has 0 radical (unpaired) electrons. The summed E-state index contributed by atoms with van der Waals surface area (Å²) in [5, 5.41) is 10.7. The number of aromatic amines is 1. The molecule has 1 aromatic heterocycles. The number of rotatable bonds is 3. The van der Waals surface area contributed by atoms with Gasteiger partial charge in [-0.25, -0.2) is 0 Å². The van der Waals surface area contributed by atoms with E-state index in [1.807, 2.05) is 4.90 Å². The van der Waals surface area contributed by atoms with Crippen molar-refractivity contribution in [1.82, 2.24) is 20.4 Å². The van der Waals surface area contributed by atoms with Crippen molar-refractivity contribution in [2.45, 2.75) is 52.5 Å². The first-order valence-corrected chi connectivity index (χ1v) is 8.19. The molecule has 0 bridgehead atoms. The van der Waals surface area contributed by atoms with Crippen LogP contribution < -0.4 is 5.32 Å².